The van der Waals surface area contributed by atoms with Crippen LogP contribution in [0.5, 0.6) is 5.75 Å². The molecule has 10 nitrogen and oxygen atoms in total. The maximum Gasteiger partial charge on any atom is 0.310 e. The minimum atomic E-state index is -1.14. The van der Waals surface area contributed by atoms with E-state index in [1.807, 2.05) is 4.90 Å². The van der Waals surface area contributed by atoms with Crippen LogP contribution < -0.4 is 16.3 Å². The summed E-state index contributed by atoms with van der Waals surface area (Å²) in [7, 11) is 0. The number of nitrogens with zero attached hydrogens (tertiary/aromatic N) is 3. The van der Waals surface area contributed by atoms with Crippen molar-refractivity contribution in [1.29, 1.82) is 0 Å². The number of carboxylic acid groups (broad SMARTS) is 1. The number of allylic oxidation sites excluding steroid dienone is 1. The third kappa shape index (κ3) is 4.82. The van der Waals surface area contributed by atoms with Gasteiger partial charge in [0.15, 0.2) is 0 Å². The van der Waals surface area contributed by atoms with Crippen molar-refractivity contribution >= 4 is 29.4 Å². The number of hydrogen-bond acceptors (Lipinski definition) is 7. The maximum absolute atomic E-state index is 14.3. The standard InChI is InChI=1S/C30H40ClN5O5/c1-29(28(39)40)10-4-5-19(29)27(38)34-14-9-18-20(31)7-8-23(41-16-21(32)22-6-2-3-13-36(22)33)25(18)26(34)35-17-30(11-12-30)15-24(35)37/h7-8,19,26H,2-6,9-17,32-33H2,1H3,(H,39,40)/b22-21-/t19?,26?,29-/m0/s1. The highest BCUT2D eigenvalue weighted by Crippen LogP contribution is 2.56. The SMILES string of the molecule is C[C@]1(C(=O)O)CCCC1C(=O)N1CCc2c(Cl)ccc(OC/C(N)=C3\CCCCN3N)c2C1N1CC2(CC2)CC1=O. The Kier molecular flexibility index (Phi) is 7.13. The largest absolute Gasteiger partial charge is 0.487 e. The Morgan fingerprint density at radius 2 is 1.93 bits per heavy atom. The summed E-state index contributed by atoms with van der Waals surface area (Å²) in [6, 6.07) is 3.57. The molecule has 1 aromatic carbocycles. The van der Waals surface area contributed by atoms with Crippen molar-refractivity contribution in [2.45, 2.75) is 77.3 Å². The van der Waals surface area contributed by atoms with Gasteiger partial charge < -0.3 is 30.4 Å². The number of amides is 2. The topological polar surface area (TPSA) is 142 Å². The third-order valence-corrected chi connectivity index (χ3v) is 10.6. The van der Waals surface area contributed by atoms with E-state index >= 15 is 0 Å². The summed E-state index contributed by atoms with van der Waals surface area (Å²) < 4.78 is 6.35. The van der Waals surface area contributed by atoms with E-state index in [0.29, 0.717) is 67.2 Å². The van der Waals surface area contributed by atoms with Crippen molar-refractivity contribution in [3.63, 3.8) is 0 Å². The Morgan fingerprint density at radius 1 is 1.15 bits per heavy atom. The van der Waals surface area contributed by atoms with Crippen LogP contribution in [0.3, 0.4) is 0 Å². The van der Waals surface area contributed by atoms with E-state index in [0.717, 1.165) is 49.9 Å². The van der Waals surface area contributed by atoms with Gasteiger partial charge in [-0.3, -0.25) is 14.4 Å². The molecule has 11 heteroatoms. The number of carbonyl (C=O) groups is 3. The second-order valence-electron chi connectivity index (χ2n) is 12.9. The minimum absolute atomic E-state index is 0.000829. The molecule has 5 aliphatic rings. The molecule has 2 aliphatic carbocycles. The molecule has 222 valence electrons. The molecule has 3 atom stereocenters. The molecule has 5 N–H and O–H groups in total. The van der Waals surface area contributed by atoms with Crippen molar-refractivity contribution in [1.82, 2.24) is 14.8 Å². The van der Waals surface area contributed by atoms with Gasteiger partial charge in [0.1, 0.15) is 18.5 Å². The molecule has 2 unspecified atom stereocenters. The number of rotatable bonds is 6. The van der Waals surface area contributed by atoms with Gasteiger partial charge in [0.05, 0.1) is 22.7 Å². The molecule has 2 amide bonds. The van der Waals surface area contributed by atoms with Gasteiger partial charge in [0.2, 0.25) is 11.8 Å². The lowest BCUT2D eigenvalue weighted by Crippen LogP contribution is -2.53. The predicted molar refractivity (Wildman–Crippen MR) is 152 cm³/mol. The average Bonchev–Trinajstić information content (AvgIpc) is 3.45. The molecule has 2 saturated heterocycles. The lowest BCUT2D eigenvalue weighted by molar-refractivity contribution is -0.160. The second kappa shape index (κ2) is 10.4. The number of hydrogen-bond donors (Lipinski definition) is 3. The van der Waals surface area contributed by atoms with Gasteiger partial charge in [0, 0.05) is 36.6 Å². The number of ether oxygens (including phenoxy) is 1. The highest BCUT2D eigenvalue weighted by atomic mass is 35.5. The normalized spacial score (nSPS) is 30.0. The Morgan fingerprint density at radius 3 is 2.61 bits per heavy atom. The predicted octanol–water partition coefficient (Wildman–Crippen LogP) is 3.54. The first-order valence-electron chi connectivity index (χ1n) is 14.8. The molecular weight excluding hydrogens is 546 g/mol. The Balaban J connectivity index is 1.39. The Bertz CT molecular complexity index is 1310. The van der Waals surface area contributed by atoms with Crippen LogP contribution in [0.4, 0.5) is 0 Å². The lowest BCUT2D eigenvalue weighted by atomic mass is 9.78. The van der Waals surface area contributed by atoms with E-state index in [1.165, 1.54) is 0 Å². The molecule has 2 saturated carbocycles. The fourth-order valence-electron chi connectivity index (χ4n) is 7.46. The molecule has 3 heterocycles. The number of aliphatic carboxylic acids is 1. The zero-order chi connectivity index (χ0) is 29.1. The van der Waals surface area contributed by atoms with Crippen LogP contribution in [-0.2, 0) is 20.8 Å². The van der Waals surface area contributed by atoms with Crippen molar-refractivity contribution in [3.05, 3.63) is 39.7 Å². The van der Waals surface area contributed by atoms with Gasteiger partial charge in [-0.25, -0.2) is 5.84 Å². The summed E-state index contributed by atoms with van der Waals surface area (Å²) in [6.45, 7) is 3.42. The quantitative estimate of drug-likeness (QED) is 0.430. The third-order valence-electron chi connectivity index (χ3n) is 10.2. The number of carbonyl (C=O) groups excluding carboxylic acids is 2. The van der Waals surface area contributed by atoms with Crippen LogP contribution in [-0.4, -0.2) is 63.9 Å². The molecule has 6 rings (SSSR count). The van der Waals surface area contributed by atoms with Gasteiger partial charge in [-0.15, -0.1) is 0 Å². The van der Waals surface area contributed by atoms with E-state index < -0.39 is 23.5 Å². The second-order valence-corrected chi connectivity index (χ2v) is 13.3. The summed E-state index contributed by atoms with van der Waals surface area (Å²) >= 11 is 6.74. The molecule has 1 aromatic rings. The van der Waals surface area contributed by atoms with Crippen molar-refractivity contribution in [3.8, 4) is 5.75 Å². The summed E-state index contributed by atoms with van der Waals surface area (Å²) in [5, 5.41) is 12.3. The van der Waals surface area contributed by atoms with Crippen LogP contribution in [0, 0.1) is 16.7 Å². The summed E-state index contributed by atoms with van der Waals surface area (Å²) in [5.41, 5.74) is 8.24. The Labute approximate surface area is 245 Å². The van der Waals surface area contributed by atoms with E-state index in [4.69, 9.17) is 27.9 Å². The number of nitrogens with two attached hydrogens (primary N) is 2. The van der Waals surface area contributed by atoms with Crippen LogP contribution in [0.1, 0.15) is 82.0 Å². The molecule has 0 radical (unpaired) electrons. The van der Waals surface area contributed by atoms with Crippen LogP contribution in [0.2, 0.25) is 5.02 Å². The molecule has 4 fully saturated rings. The number of halogens is 1. The number of piperidine rings is 1. The molecule has 3 aliphatic heterocycles. The van der Waals surface area contributed by atoms with Gasteiger partial charge in [-0.05, 0) is 81.4 Å². The first-order chi connectivity index (χ1) is 19.5. The Hall–Kier alpha value is -2.98. The first-order valence-corrected chi connectivity index (χ1v) is 15.2. The van der Waals surface area contributed by atoms with E-state index in [1.54, 1.807) is 29.0 Å². The van der Waals surface area contributed by atoms with Crippen LogP contribution in [0.25, 0.3) is 0 Å². The van der Waals surface area contributed by atoms with E-state index in [2.05, 4.69) is 0 Å². The van der Waals surface area contributed by atoms with Crippen LogP contribution >= 0.6 is 11.6 Å². The van der Waals surface area contributed by atoms with Gasteiger partial charge in [-0.2, -0.15) is 0 Å². The summed E-state index contributed by atoms with van der Waals surface area (Å²) in [4.78, 5) is 43.7. The number of fused-ring (bicyclic) bond motifs is 1. The number of hydrazine groups is 1. The van der Waals surface area contributed by atoms with Crippen LogP contribution in [0.15, 0.2) is 23.5 Å². The minimum Gasteiger partial charge on any atom is -0.487 e. The first kappa shape index (κ1) is 28.2. The average molecular weight is 586 g/mol. The highest BCUT2D eigenvalue weighted by Gasteiger charge is 2.57. The smallest absolute Gasteiger partial charge is 0.310 e. The molecule has 0 bridgehead atoms. The van der Waals surface area contributed by atoms with Crippen molar-refractivity contribution < 1.29 is 24.2 Å². The molecule has 1 spiro atoms. The van der Waals surface area contributed by atoms with Gasteiger partial charge in [0.25, 0.3) is 0 Å². The molecular formula is C30H40ClN5O5. The zero-order valence-electron chi connectivity index (χ0n) is 23.7. The molecule has 41 heavy (non-hydrogen) atoms. The zero-order valence-corrected chi connectivity index (χ0v) is 24.4. The number of benzene rings is 1. The highest BCUT2D eigenvalue weighted by molar-refractivity contribution is 6.31. The monoisotopic (exact) mass is 585 g/mol. The van der Waals surface area contributed by atoms with Crippen molar-refractivity contribution in [2.24, 2.45) is 28.3 Å². The van der Waals surface area contributed by atoms with Gasteiger partial charge >= 0.3 is 5.97 Å². The van der Waals surface area contributed by atoms with Crippen molar-refractivity contribution in [2.75, 3.05) is 26.2 Å². The number of likely N-dealkylation sites (tertiary alicyclic amines) is 1. The lowest BCUT2D eigenvalue weighted by Gasteiger charge is -2.45. The fourth-order valence-corrected chi connectivity index (χ4v) is 7.72. The number of carboxylic acids is 1. The fraction of sp³-hybridized carbons (Fsp3) is 0.633. The van der Waals surface area contributed by atoms with E-state index in [-0.39, 0.29) is 23.8 Å². The van der Waals surface area contributed by atoms with Gasteiger partial charge in [-0.1, -0.05) is 18.0 Å². The molecule has 0 aromatic heterocycles. The maximum atomic E-state index is 14.3. The van der Waals surface area contributed by atoms with E-state index in [9.17, 15) is 19.5 Å². The summed E-state index contributed by atoms with van der Waals surface area (Å²) in [5.74, 6) is 4.86. The summed E-state index contributed by atoms with van der Waals surface area (Å²) in [6.07, 6.45) is 6.62.